The molecule has 0 aliphatic heterocycles. The number of benzene rings is 2. The average molecular weight is 246 g/mol. The lowest BCUT2D eigenvalue weighted by Gasteiger charge is -2.09. The molecule has 0 heterocycles. The lowest BCUT2D eigenvalue weighted by atomic mass is 9.96. The maximum absolute atomic E-state index is 13.3. The lowest BCUT2D eigenvalue weighted by Crippen LogP contribution is -1.91. The minimum Gasteiger partial charge on any atom is -0.207 e. The van der Waals surface area contributed by atoms with Gasteiger partial charge in [0.2, 0.25) is 0 Å². The predicted molar refractivity (Wildman–Crippen MR) is 70.4 cm³/mol. The molecule has 0 atom stereocenters. The van der Waals surface area contributed by atoms with Crippen LogP contribution in [-0.4, -0.2) is 0 Å². The van der Waals surface area contributed by atoms with Gasteiger partial charge in [-0.25, -0.2) is 8.78 Å². The average Bonchev–Trinajstić information content (AvgIpc) is 2.35. The summed E-state index contributed by atoms with van der Waals surface area (Å²) in [6, 6.07) is 11.5. The van der Waals surface area contributed by atoms with E-state index in [2.05, 4.69) is 6.92 Å². The van der Waals surface area contributed by atoms with E-state index >= 15 is 0 Å². The Kier molecular flexibility index (Phi) is 4.08. The second-order valence-corrected chi connectivity index (χ2v) is 4.42. The van der Waals surface area contributed by atoms with E-state index in [0.29, 0.717) is 5.56 Å². The van der Waals surface area contributed by atoms with Crippen molar-refractivity contribution in [2.24, 2.45) is 0 Å². The zero-order valence-corrected chi connectivity index (χ0v) is 10.4. The van der Waals surface area contributed by atoms with E-state index in [1.165, 1.54) is 12.1 Å². The first-order valence-electron chi connectivity index (χ1n) is 6.25. The molecule has 0 radical (unpaired) electrons. The molecule has 0 nitrogen and oxygen atoms in total. The molecule has 0 bridgehead atoms. The van der Waals surface area contributed by atoms with Crippen LogP contribution in [0.2, 0.25) is 0 Å². The van der Waals surface area contributed by atoms with Crippen LogP contribution < -0.4 is 0 Å². The van der Waals surface area contributed by atoms with Gasteiger partial charge in [-0.1, -0.05) is 37.6 Å². The zero-order chi connectivity index (χ0) is 13.0. The summed E-state index contributed by atoms with van der Waals surface area (Å²) in [6.07, 6.45) is 3.12. The summed E-state index contributed by atoms with van der Waals surface area (Å²) < 4.78 is 26.5. The topological polar surface area (TPSA) is 0 Å². The van der Waals surface area contributed by atoms with Crippen LogP contribution in [0, 0.1) is 11.6 Å². The Morgan fingerprint density at radius 2 is 1.61 bits per heavy atom. The molecule has 0 unspecified atom stereocenters. The molecule has 0 aromatic heterocycles. The van der Waals surface area contributed by atoms with Gasteiger partial charge in [-0.2, -0.15) is 0 Å². The van der Waals surface area contributed by atoms with Crippen molar-refractivity contribution in [3.63, 3.8) is 0 Å². The van der Waals surface area contributed by atoms with Gasteiger partial charge < -0.3 is 0 Å². The van der Waals surface area contributed by atoms with E-state index in [1.54, 1.807) is 0 Å². The first-order valence-corrected chi connectivity index (χ1v) is 6.25. The van der Waals surface area contributed by atoms with Crippen LogP contribution in [0.25, 0.3) is 11.1 Å². The smallest absolute Gasteiger partial charge is 0.126 e. The quantitative estimate of drug-likeness (QED) is 0.714. The van der Waals surface area contributed by atoms with Crippen molar-refractivity contribution >= 4 is 0 Å². The van der Waals surface area contributed by atoms with Gasteiger partial charge in [-0.15, -0.1) is 0 Å². The van der Waals surface area contributed by atoms with Crippen LogP contribution in [0.15, 0.2) is 42.5 Å². The third-order valence-electron chi connectivity index (χ3n) is 2.99. The van der Waals surface area contributed by atoms with Gasteiger partial charge in [0.15, 0.2) is 0 Å². The Bertz CT molecular complexity index is 512. The number of hydrogen-bond donors (Lipinski definition) is 0. The normalized spacial score (nSPS) is 10.6. The van der Waals surface area contributed by atoms with Gasteiger partial charge in [0, 0.05) is 6.07 Å². The molecule has 0 saturated carbocycles. The fourth-order valence-electron chi connectivity index (χ4n) is 2.10. The summed E-state index contributed by atoms with van der Waals surface area (Å²) >= 11 is 0. The van der Waals surface area contributed by atoms with E-state index in [-0.39, 0.29) is 0 Å². The molecular weight excluding hydrogens is 230 g/mol. The Morgan fingerprint density at radius 1 is 0.944 bits per heavy atom. The van der Waals surface area contributed by atoms with E-state index in [0.717, 1.165) is 36.5 Å². The van der Waals surface area contributed by atoms with Crippen molar-refractivity contribution < 1.29 is 8.78 Å². The molecule has 2 rings (SSSR count). The van der Waals surface area contributed by atoms with Crippen LogP contribution in [-0.2, 0) is 6.42 Å². The Labute approximate surface area is 106 Å². The zero-order valence-electron chi connectivity index (χ0n) is 10.4. The van der Waals surface area contributed by atoms with Gasteiger partial charge in [0.05, 0.1) is 0 Å². The summed E-state index contributed by atoms with van der Waals surface area (Å²) in [5.74, 6) is -1.06. The minimum absolute atomic E-state index is 0.532. The molecule has 0 aliphatic rings. The molecule has 0 spiro atoms. The van der Waals surface area contributed by atoms with Crippen LogP contribution >= 0.6 is 0 Å². The van der Waals surface area contributed by atoms with Crippen molar-refractivity contribution in [2.75, 3.05) is 0 Å². The number of unbranched alkanes of at least 4 members (excludes halogenated alkanes) is 1. The molecular formula is C16H16F2. The van der Waals surface area contributed by atoms with Crippen LogP contribution in [0.3, 0.4) is 0 Å². The third-order valence-corrected chi connectivity index (χ3v) is 2.99. The number of hydrogen-bond acceptors (Lipinski definition) is 0. The molecule has 0 aliphatic carbocycles. The van der Waals surface area contributed by atoms with Gasteiger partial charge >= 0.3 is 0 Å². The first kappa shape index (κ1) is 12.7. The second kappa shape index (κ2) is 5.76. The second-order valence-electron chi connectivity index (χ2n) is 4.42. The molecule has 0 N–H and O–H groups in total. The van der Waals surface area contributed by atoms with Gasteiger partial charge in [0.25, 0.3) is 0 Å². The van der Waals surface area contributed by atoms with Gasteiger partial charge in [-0.05, 0) is 41.7 Å². The molecule has 0 fully saturated rings. The van der Waals surface area contributed by atoms with E-state index in [1.807, 2.05) is 24.3 Å². The van der Waals surface area contributed by atoms with Crippen molar-refractivity contribution in [3.05, 3.63) is 59.7 Å². The number of aryl methyl sites for hydroxylation is 1. The fourth-order valence-corrected chi connectivity index (χ4v) is 2.10. The van der Waals surface area contributed by atoms with Crippen molar-refractivity contribution in [1.82, 2.24) is 0 Å². The van der Waals surface area contributed by atoms with Crippen LogP contribution in [0.5, 0.6) is 0 Å². The number of rotatable bonds is 4. The summed E-state index contributed by atoms with van der Waals surface area (Å²) in [4.78, 5) is 0. The maximum Gasteiger partial charge on any atom is 0.126 e. The maximum atomic E-state index is 13.3. The Morgan fingerprint density at radius 3 is 2.28 bits per heavy atom. The standard InChI is InChI=1S/C16H16F2/c1-2-3-6-12-7-4-5-8-16(12)13-9-14(17)11-15(18)10-13/h4-5,7-11H,2-3,6H2,1H3. The minimum atomic E-state index is -0.532. The van der Waals surface area contributed by atoms with Crippen LogP contribution in [0.1, 0.15) is 25.3 Å². The highest BCUT2D eigenvalue weighted by atomic mass is 19.1. The monoisotopic (exact) mass is 246 g/mol. The van der Waals surface area contributed by atoms with Crippen molar-refractivity contribution in [3.8, 4) is 11.1 Å². The highest BCUT2D eigenvalue weighted by Crippen LogP contribution is 2.26. The van der Waals surface area contributed by atoms with Crippen molar-refractivity contribution in [2.45, 2.75) is 26.2 Å². The summed E-state index contributed by atoms with van der Waals surface area (Å²) in [7, 11) is 0. The van der Waals surface area contributed by atoms with E-state index < -0.39 is 11.6 Å². The Hall–Kier alpha value is -1.70. The molecule has 0 saturated heterocycles. The molecule has 94 valence electrons. The highest BCUT2D eigenvalue weighted by molar-refractivity contribution is 5.67. The van der Waals surface area contributed by atoms with Crippen molar-refractivity contribution in [1.29, 1.82) is 0 Å². The predicted octanol–water partition coefficient (Wildman–Crippen LogP) is 4.97. The summed E-state index contributed by atoms with van der Waals surface area (Å²) in [5, 5.41) is 0. The molecule has 2 aromatic rings. The largest absolute Gasteiger partial charge is 0.207 e. The van der Waals surface area contributed by atoms with Crippen LogP contribution in [0.4, 0.5) is 8.78 Å². The molecule has 2 aromatic carbocycles. The fraction of sp³-hybridized carbons (Fsp3) is 0.250. The summed E-state index contributed by atoms with van der Waals surface area (Å²) in [6.45, 7) is 2.13. The van der Waals surface area contributed by atoms with Gasteiger partial charge in [-0.3, -0.25) is 0 Å². The molecule has 18 heavy (non-hydrogen) atoms. The SMILES string of the molecule is CCCCc1ccccc1-c1cc(F)cc(F)c1. The van der Waals surface area contributed by atoms with E-state index in [4.69, 9.17) is 0 Å². The lowest BCUT2D eigenvalue weighted by molar-refractivity contribution is 0.584. The first-order chi connectivity index (χ1) is 8.70. The number of halogens is 2. The molecule has 0 amide bonds. The molecule has 2 heteroatoms. The van der Waals surface area contributed by atoms with Gasteiger partial charge in [0.1, 0.15) is 11.6 Å². The Balaban J connectivity index is 2.42. The highest BCUT2D eigenvalue weighted by Gasteiger charge is 2.07. The summed E-state index contributed by atoms with van der Waals surface area (Å²) in [5.41, 5.74) is 2.67. The van der Waals surface area contributed by atoms with E-state index in [9.17, 15) is 8.78 Å². The third kappa shape index (κ3) is 2.95.